The molecule has 0 amide bonds. The molecule has 0 radical (unpaired) electrons. The number of aliphatic hydroxyl groups excluding tert-OH is 1. The molecule has 0 unspecified atom stereocenters. The van der Waals surface area contributed by atoms with Gasteiger partial charge in [-0.3, -0.25) is 0 Å². The van der Waals surface area contributed by atoms with E-state index in [1.165, 1.54) is 19.3 Å². The first kappa shape index (κ1) is 11.0. The Morgan fingerprint density at radius 2 is 2.25 bits per heavy atom. The zero-order valence-electron chi connectivity index (χ0n) is 9.28. The predicted octanol–water partition coefficient (Wildman–Crippen LogP) is 2.21. The first-order chi connectivity index (χ1) is 7.88. The second-order valence-electron chi connectivity index (χ2n) is 4.10. The molecule has 0 atom stereocenters. The van der Waals surface area contributed by atoms with Gasteiger partial charge in [-0.15, -0.1) is 0 Å². The van der Waals surface area contributed by atoms with Crippen molar-refractivity contribution in [3.8, 4) is 17.6 Å². The van der Waals surface area contributed by atoms with Crippen molar-refractivity contribution in [3.63, 3.8) is 0 Å². The molecule has 0 heterocycles. The van der Waals surface area contributed by atoms with E-state index in [-0.39, 0.29) is 6.61 Å². The van der Waals surface area contributed by atoms with Crippen LogP contribution in [0.4, 0.5) is 0 Å². The third kappa shape index (κ3) is 3.01. The van der Waals surface area contributed by atoms with Crippen molar-refractivity contribution in [2.24, 2.45) is 5.92 Å². The van der Waals surface area contributed by atoms with Crippen LogP contribution in [-0.4, -0.2) is 18.3 Å². The van der Waals surface area contributed by atoms with Crippen molar-refractivity contribution in [1.29, 1.82) is 0 Å². The Morgan fingerprint density at radius 1 is 1.38 bits per heavy atom. The largest absolute Gasteiger partial charge is 0.493 e. The Hall–Kier alpha value is -1.46. The van der Waals surface area contributed by atoms with Crippen molar-refractivity contribution in [2.45, 2.75) is 19.3 Å². The number of hydrogen-bond acceptors (Lipinski definition) is 2. The van der Waals surface area contributed by atoms with Gasteiger partial charge in [0.2, 0.25) is 0 Å². The fraction of sp³-hybridized carbons (Fsp3) is 0.429. The third-order valence-corrected chi connectivity index (χ3v) is 2.86. The van der Waals surface area contributed by atoms with Crippen LogP contribution in [-0.2, 0) is 0 Å². The molecule has 2 nitrogen and oxygen atoms in total. The Bertz CT molecular complexity index is 397. The molecule has 1 N–H and O–H groups in total. The molecule has 0 aromatic heterocycles. The van der Waals surface area contributed by atoms with Gasteiger partial charge in [-0.1, -0.05) is 24.3 Å². The lowest BCUT2D eigenvalue weighted by Gasteiger charge is -2.25. The Morgan fingerprint density at radius 3 is 2.94 bits per heavy atom. The van der Waals surface area contributed by atoms with Crippen molar-refractivity contribution in [1.82, 2.24) is 0 Å². The Balaban J connectivity index is 1.92. The zero-order valence-corrected chi connectivity index (χ0v) is 9.28. The molecule has 16 heavy (non-hydrogen) atoms. The average Bonchev–Trinajstić information content (AvgIpc) is 2.25. The van der Waals surface area contributed by atoms with E-state index in [4.69, 9.17) is 9.84 Å². The van der Waals surface area contributed by atoms with Crippen molar-refractivity contribution in [3.05, 3.63) is 29.8 Å². The summed E-state index contributed by atoms with van der Waals surface area (Å²) in [4.78, 5) is 0. The minimum absolute atomic E-state index is 0.104. The first-order valence-corrected chi connectivity index (χ1v) is 5.71. The van der Waals surface area contributed by atoms with Gasteiger partial charge in [-0.2, -0.15) is 0 Å². The van der Waals surface area contributed by atoms with E-state index in [0.717, 1.165) is 23.8 Å². The van der Waals surface area contributed by atoms with E-state index < -0.39 is 0 Å². The van der Waals surface area contributed by atoms with Crippen LogP contribution in [0.1, 0.15) is 24.8 Å². The van der Waals surface area contributed by atoms with Gasteiger partial charge >= 0.3 is 0 Å². The molecule has 2 heteroatoms. The average molecular weight is 216 g/mol. The summed E-state index contributed by atoms with van der Waals surface area (Å²) in [5.74, 6) is 7.11. The van der Waals surface area contributed by atoms with Crippen LogP contribution in [0.3, 0.4) is 0 Å². The SMILES string of the molecule is OCC#Cc1cccc(OCC2CCC2)c1. The molecular formula is C14H16O2. The molecule has 2 rings (SSSR count). The van der Waals surface area contributed by atoms with Crippen LogP contribution in [0, 0.1) is 17.8 Å². The zero-order chi connectivity index (χ0) is 11.2. The third-order valence-electron chi connectivity index (χ3n) is 2.86. The van der Waals surface area contributed by atoms with Gasteiger partial charge in [0.05, 0.1) is 6.61 Å². The molecule has 0 bridgehead atoms. The second kappa shape index (κ2) is 5.58. The summed E-state index contributed by atoms with van der Waals surface area (Å²) >= 11 is 0. The highest BCUT2D eigenvalue weighted by atomic mass is 16.5. The predicted molar refractivity (Wildman–Crippen MR) is 63.2 cm³/mol. The highest BCUT2D eigenvalue weighted by Crippen LogP contribution is 2.27. The van der Waals surface area contributed by atoms with E-state index in [0.29, 0.717) is 0 Å². The molecule has 0 aliphatic heterocycles. The number of rotatable bonds is 3. The van der Waals surface area contributed by atoms with E-state index >= 15 is 0 Å². The molecule has 0 spiro atoms. The van der Waals surface area contributed by atoms with Crippen molar-refractivity contribution >= 4 is 0 Å². The van der Waals surface area contributed by atoms with Crippen LogP contribution in [0.5, 0.6) is 5.75 Å². The Kier molecular flexibility index (Phi) is 3.85. The number of benzene rings is 1. The minimum atomic E-state index is -0.104. The quantitative estimate of drug-likeness (QED) is 0.785. The summed E-state index contributed by atoms with van der Waals surface area (Å²) < 4.78 is 5.70. The summed E-state index contributed by atoms with van der Waals surface area (Å²) in [6.07, 6.45) is 3.93. The minimum Gasteiger partial charge on any atom is -0.493 e. The van der Waals surface area contributed by atoms with Crippen LogP contribution in [0.2, 0.25) is 0 Å². The molecule has 1 aromatic carbocycles. The van der Waals surface area contributed by atoms with E-state index in [9.17, 15) is 0 Å². The van der Waals surface area contributed by atoms with Gasteiger partial charge in [-0.25, -0.2) is 0 Å². The van der Waals surface area contributed by atoms with Gasteiger partial charge in [0, 0.05) is 5.56 Å². The summed E-state index contributed by atoms with van der Waals surface area (Å²) in [5.41, 5.74) is 0.889. The van der Waals surface area contributed by atoms with E-state index in [2.05, 4.69) is 11.8 Å². The maximum atomic E-state index is 8.61. The first-order valence-electron chi connectivity index (χ1n) is 5.71. The molecule has 1 aliphatic rings. The lowest BCUT2D eigenvalue weighted by molar-refractivity contribution is 0.180. The smallest absolute Gasteiger partial charge is 0.120 e. The molecule has 1 saturated carbocycles. The molecule has 84 valence electrons. The monoisotopic (exact) mass is 216 g/mol. The fourth-order valence-electron chi connectivity index (χ4n) is 1.68. The van der Waals surface area contributed by atoms with Gasteiger partial charge in [-0.05, 0) is 37.0 Å². The van der Waals surface area contributed by atoms with Crippen molar-refractivity contribution < 1.29 is 9.84 Å². The molecular weight excluding hydrogens is 200 g/mol. The van der Waals surface area contributed by atoms with Crippen LogP contribution in [0.25, 0.3) is 0 Å². The fourth-order valence-corrected chi connectivity index (χ4v) is 1.68. The topological polar surface area (TPSA) is 29.5 Å². The highest BCUT2D eigenvalue weighted by Gasteiger charge is 2.17. The van der Waals surface area contributed by atoms with Crippen LogP contribution < -0.4 is 4.74 Å². The van der Waals surface area contributed by atoms with Gasteiger partial charge in [0.1, 0.15) is 12.4 Å². The number of ether oxygens (including phenoxy) is 1. The van der Waals surface area contributed by atoms with Crippen molar-refractivity contribution in [2.75, 3.05) is 13.2 Å². The van der Waals surface area contributed by atoms with Gasteiger partial charge in [0.25, 0.3) is 0 Å². The van der Waals surface area contributed by atoms with Crippen LogP contribution >= 0.6 is 0 Å². The lowest BCUT2D eigenvalue weighted by atomic mass is 9.86. The maximum absolute atomic E-state index is 8.61. The number of aliphatic hydroxyl groups is 1. The molecule has 1 fully saturated rings. The highest BCUT2D eigenvalue weighted by molar-refractivity contribution is 5.39. The summed E-state index contributed by atoms with van der Waals surface area (Å²) in [6, 6.07) is 7.71. The summed E-state index contributed by atoms with van der Waals surface area (Å²) in [6.45, 7) is 0.712. The summed E-state index contributed by atoms with van der Waals surface area (Å²) in [7, 11) is 0. The van der Waals surface area contributed by atoms with E-state index in [1.54, 1.807) is 0 Å². The summed E-state index contributed by atoms with van der Waals surface area (Å²) in [5, 5.41) is 8.61. The van der Waals surface area contributed by atoms with Gasteiger partial charge in [0.15, 0.2) is 0 Å². The molecule has 1 aromatic rings. The Labute approximate surface area is 96.3 Å². The second-order valence-corrected chi connectivity index (χ2v) is 4.10. The normalized spacial score (nSPS) is 14.8. The number of hydrogen-bond donors (Lipinski definition) is 1. The molecule has 0 saturated heterocycles. The van der Waals surface area contributed by atoms with E-state index in [1.807, 2.05) is 24.3 Å². The van der Waals surface area contributed by atoms with Gasteiger partial charge < -0.3 is 9.84 Å². The standard InChI is InChI=1S/C14H16O2/c15-9-3-7-12-4-2-8-14(10-12)16-11-13-5-1-6-13/h2,4,8,10,13,15H,1,5-6,9,11H2. The maximum Gasteiger partial charge on any atom is 0.120 e. The molecule has 1 aliphatic carbocycles. The lowest BCUT2D eigenvalue weighted by Crippen LogP contribution is -2.19. The van der Waals surface area contributed by atoms with Crippen LogP contribution in [0.15, 0.2) is 24.3 Å².